The van der Waals surface area contributed by atoms with Crippen LogP contribution in [0.25, 0.3) is 0 Å². The molecule has 0 bridgehead atoms. The molecule has 0 spiro atoms. The van der Waals surface area contributed by atoms with Gasteiger partial charge in [-0.15, -0.1) is 0 Å². The molecule has 152 valence electrons. The lowest BCUT2D eigenvalue weighted by Crippen LogP contribution is -1.89. The van der Waals surface area contributed by atoms with Crippen LogP contribution in [-0.4, -0.2) is 6.21 Å². The maximum Gasteiger partial charge on any atom is 0.0368 e. The maximum absolute atomic E-state index is 5.38. The lowest BCUT2D eigenvalue weighted by Gasteiger charge is -2.06. The van der Waals surface area contributed by atoms with Gasteiger partial charge in [-0.3, -0.25) is 4.99 Å². The van der Waals surface area contributed by atoms with Crippen molar-refractivity contribution >= 4 is 6.21 Å². The molecule has 2 N–H and O–H groups in total. The van der Waals surface area contributed by atoms with Gasteiger partial charge in [0.25, 0.3) is 0 Å². The Hall–Kier alpha value is -2.61. The summed E-state index contributed by atoms with van der Waals surface area (Å²) in [6.07, 6.45) is 10.6. The molecule has 0 aliphatic heterocycles. The smallest absolute Gasteiger partial charge is 0.0368 e. The van der Waals surface area contributed by atoms with Gasteiger partial charge >= 0.3 is 0 Å². The van der Waals surface area contributed by atoms with E-state index in [1.54, 1.807) is 18.4 Å². The van der Waals surface area contributed by atoms with Gasteiger partial charge in [-0.2, -0.15) is 0 Å². The highest BCUT2D eigenvalue weighted by Crippen LogP contribution is 2.18. The van der Waals surface area contributed by atoms with Gasteiger partial charge in [-0.05, 0) is 68.5 Å². The Balaban J connectivity index is 0.000000609. The van der Waals surface area contributed by atoms with Crippen LogP contribution in [0.4, 0.5) is 0 Å². The molecule has 0 saturated carbocycles. The van der Waals surface area contributed by atoms with Crippen LogP contribution in [0.1, 0.15) is 64.5 Å². The van der Waals surface area contributed by atoms with E-state index in [0.717, 1.165) is 29.7 Å². The number of aliphatic imine (C=N–C) groups is 1. The monoisotopic (exact) mass is 378 g/mol. The lowest BCUT2D eigenvalue weighted by molar-refractivity contribution is 0.866. The van der Waals surface area contributed by atoms with E-state index in [2.05, 4.69) is 70.1 Å². The molecule has 0 fully saturated rings. The number of hydrogen-bond donors (Lipinski definition) is 1. The van der Waals surface area contributed by atoms with Crippen molar-refractivity contribution in [3.8, 4) is 0 Å². The third-order valence-corrected chi connectivity index (χ3v) is 4.20. The highest BCUT2D eigenvalue weighted by atomic mass is 14.7. The molecule has 2 heteroatoms. The molecule has 1 rings (SSSR count). The predicted octanol–water partition coefficient (Wildman–Crippen LogP) is 7.41. The zero-order valence-corrected chi connectivity index (χ0v) is 18.6. The Bertz CT molecular complexity index is 726. The van der Waals surface area contributed by atoms with Crippen molar-refractivity contribution < 1.29 is 0 Å². The van der Waals surface area contributed by atoms with Gasteiger partial charge in [0, 0.05) is 11.9 Å². The van der Waals surface area contributed by atoms with Gasteiger partial charge < -0.3 is 5.73 Å². The largest absolute Gasteiger partial charge is 0.405 e. The highest BCUT2D eigenvalue weighted by Gasteiger charge is 1.99. The molecule has 0 aromatic heterocycles. The Morgan fingerprint density at radius 1 is 1.18 bits per heavy atom. The van der Waals surface area contributed by atoms with E-state index in [9.17, 15) is 0 Å². The molecule has 0 radical (unpaired) electrons. The number of nitrogens with zero attached hydrogens (tertiary/aromatic N) is 1. The average molecular weight is 379 g/mol. The second kappa shape index (κ2) is 14.4. The number of rotatable bonds is 8. The van der Waals surface area contributed by atoms with Crippen LogP contribution in [0.2, 0.25) is 0 Å². The molecule has 0 saturated heterocycles. The second-order valence-corrected chi connectivity index (χ2v) is 7.26. The van der Waals surface area contributed by atoms with Crippen LogP contribution in [0, 0.1) is 6.92 Å². The average Bonchev–Trinajstić information content (AvgIpc) is 2.65. The summed E-state index contributed by atoms with van der Waals surface area (Å²) in [6, 6.07) is 8.71. The van der Waals surface area contributed by atoms with Crippen molar-refractivity contribution in [2.75, 3.05) is 0 Å². The Labute approximate surface area is 173 Å². The van der Waals surface area contributed by atoms with Crippen molar-refractivity contribution in [2.24, 2.45) is 10.7 Å². The van der Waals surface area contributed by atoms with E-state index in [1.165, 1.54) is 22.9 Å². The van der Waals surface area contributed by atoms with Crippen molar-refractivity contribution in [2.45, 2.75) is 60.3 Å². The van der Waals surface area contributed by atoms with Crippen LogP contribution < -0.4 is 5.73 Å². The molecule has 0 atom stereocenters. The molecule has 0 aliphatic carbocycles. The van der Waals surface area contributed by atoms with Crippen LogP contribution >= 0.6 is 0 Å². The molecule has 1 aromatic rings. The first-order chi connectivity index (χ1) is 13.2. The van der Waals surface area contributed by atoms with E-state index >= 15 is 0 Å². The molecule has 28 heavy (non-hydrogen) atoms. The van der Waals surface area contributed by atoms with E-state index in [4.69, 9.17) is 5.73 Å². The summed E-state index contributed by atoms with van der Waals surface area (Å²) in [5, 5.41) is 0. The zero-order chi connectivity index (χ0) is 21.5. The summed E-state index contributed by atoms with van der Waals surface area (Å²) in [5.74, 6) is 0.653. The predicted molar refractivity (Wildman–Crippen MR) is 128 cm³/mol. The van der Waals surface area contributed by atoms with Crippen LogP contribution in [0.5, 0.6) is 0 Å². The quantitative estimate of drug-likeness (QED) is 0.285. The summed E-state index contributed by atoms with van der Waals surface area (Å²) < 4.78 is 0. The summed E-state index contributed by atoms with van der Waals surface area (Å²) in [7, 11) is 0. The SMILES string of the molecule is C=C/C=C(\C=C/N)/C=N/C(C)=C(/CC)CC(=C)C.Cc1ccc(C(C)C)cc1. The fourth-order valence-electron chi connectivity index (χ4n) is 2.48. The molecule has 0 aliphatic rings. The molecular weight excluding hydrogens is 340 g/mol. The minimum atomic E-state index is 0.653. The molecule has 2 nitrogen and oxygen atoms in total. The molecule has 0 amide bonds. The standard InChI is InChI=1S/C16H24N2.C10H14/c1-6-8-15(9-10-17)12-18-14(5)16(7-2)11-13(3)4;1-8(2)10-6-4-9(3)5-7-10/h6,8-10,12H,1,3,7,11,17H2,2,4-5H3;4-8H,1-3H3/b10-9-,15-8+,16-14-,18-12+;. The van der Waals surface area contributed by atoms with Gasteiger partial charge in [0.1, 0.15) is 0 Å². The maximum atomic E-state index is 5.38. The Morgan fingerprint density at radius 2 is 1.79 bits per heavy atom. The summed E-state index contributed by atoms with van der Waals surface area (Å²) >= 11 is 0. The van der Waals surface area contributed by atoms with E-state index in [-0.39, 0.29) is 0 Å². The van der Waals surface area contributed by atoms with Crippen LogP contribution in [0.3, 0.4) is 0 Å². The van der Waals surface area contributed by atoms with E-state index in [0.29, 0.717) is 5.92 Å². The molecule has 0 heterocycles. The van der Waals surface area contributed by atoms with Crippen molar-refractivity contribution in [3.05, 3.63) is 95.4 Å². The minimum Gasteiger partial charge on any atom is -0.405 e. The third-order valence-electron chi connectivity index (χ3n) is 4.20. The lowest BCUT2D eigenvalue weighted by atomic mass is 10.0. The van der Waals surface area contributed by atoms with Crippen molar-refractivity contribution in [3.63, 3.8) is 0 Å². The first kappa shape index (κ1) is 25.4. The molecule has 1 aromatic carbocycles. The van der Waals surface area contributed by atoms with Gasteiger partial charge in [0.2, 0.25) is 0 Å². The molecular formula is C26H38N2. The summed E-state index contributed by atoms with van der Waals surface area (Å²) in [4.78, 5) is 4.48. The Morgan fingerprint density at radius 3 is 2.21 bits per heavy atom. The second-order valence-electron chi connectivity index (χ2n) is 7.26. The van der Waals surface area contributed by atoms with Gasteiger partial charge in [-0.25, -0.2) is 0 Å². The normalized spacial score (nSPS) is 12.8. The Kier molecular flexibility index (Phi) is 13.1. The first-order valence-corrected chi connectivity index (χ1v) is 9.89. The summed E-state index contributed by atoms with van der Waals surface area (Å²) in [6.45, 7) is 20.3. The van der Waals surface area contributed by atoms with Gasteiger partial charge in [0.05, 0.1) is 0 Å². The number of allylic oxidation sites excluding steroid dienone is 7. The van der Waals surface area contributed by atoms with Crippen molar-refractivity contribution in [1.82, 2.24) is 0 Å². The number of benzene rings is 1. The zero-order valence-electron chi connectivity index (χ0n) is 18.6. The minimum absolute atomic E-state index is 0.653. The topological polar surface area (TPSA) is 38.4 Å². The fourth-order valence-corrected chi connectivity index (χ4v) is 2.48. The molecule has 0 unspecified atom stereocenters. The number of hydrogen-bond acceptors (Lipinski definition) is 2. The van der Waals surface area contributed by atoms with Crippen LogP contribution in [0.15, 0.2) is 89.3 Å². The number of aryl methyl sites for hydroxylation is 1. The van der Waals surface area contributed by atoms with Gasteiger partial charge in [-0.1, -0.05) is 81.5 Å². The third kappa shape index (κ3) is 11.2. The number of nitrogens with two attached hydrogens (primary N) is 1. The first-order valence-electron chi connectivity index (χ1n) is 9.89. The van der Waals surface area contributed by atoms with Crippen molar-refractivity contribution in [1.29, 1.82) is 0 Å². The van der Waals surface area contributed by atoms with E-state index < -0.39 is 0 Å². The van der Waals surface area contributed by atoms with Crippen LogP contribution in [-0.2, 0) is 0 Å². The summed E-state index contributed by atoms with van der Waals surface area (Å²) in [5.41, 5.74) is 12.6. The van der Waals surface area contributed by atoms with E-state index in [1.807, 2.05) is 19.9 Å². The highest BCUT2D eigenvalue weighted by molar-refractivity contribution is 5.83. The van der Waals surface area contributed by atoms with Gasteiger partial charge in [0.15, 0.2) is 0 Å². The fraction of sp³-hybridized carbons (Fsp3) is 0.346.